The maximum Gasteiger partial charge on any atom is 0.161 e. The average Bonchev–Trinajstić information content (AvgIpc) is 2.43. The molecule has 0 aromatic heterocycles. The van der Waals surface area contributed by atoms with E-state index in [9.17, 15) is 0 Å². The van der Waals surface area contributed by atoms with Crippen LogP contribution in [0.5, 0.6) is 11.5 Å². The van der Waals surface area contributed by atoms with E-state index in [0.29, 0.717) is 25.8 Å². The molecule has 1 aromatic rings. The fourth-order valence-electron chi connectivity index (χ4n) is 2.32. The van der Waals surface area contributed by atoms with Gasteiger partial charge in [0.05, 0.1) is 0 Å². The third kappa shape index (κ3) is 2.76. The highest BCUT2D eigenvalue weighted by atomic mass is 16.6. The predicted molar refractivity (Wildman–Crippen MR) is 72.1 cm³/mol. The Hall–Kier alpha value is -1.26. The number of nitrogens with two attached hydrogens (primary N) is 1. The van der Waals surface area contributed by atoms with Crippen molar-refractivity contribution in [2.75, 3.05) is 32.8 Å². The lowest BCUT2D eigenvalue weighted by Gasteiger charge is -2.28. The summed E-state index contributed by atoms with van der Waals surface area (Å²) >= 11 is 0. The largest absolute Gasteiger partial charge is 0.486 e. The van der Waals surface area contributed by atoms with E-state index in [0.717, 1.165) is 24.6 Å². The number of benzene rings is 1. The second kappa shape index (κ2) is 6.07. The molecule has 4 nitrogen and oxygen atoms in total. The van der Waals surface area contributed by atoms with Crippen LogP contribution in [0.4, 0.5) is 0 Å². The molecule has 0 saturated heterocycles. The first-order valence-electron chi connectivity index (χ1n) is 6.60. The van der Waals surface area contributed by atoms with Crippen molar-refractivity contribution in [2.24, 2.45) is 5.73 Å². The number of rotatable bonds is 5. The zero-order valence-corrected chi connectivity index (χ0v) is 11.2. The Morgan fingerprint density at radius 1 is 1.28 bits per heavy atom. The highest BCUT2D eigenvalue weighted by Crippen LogP contribution is 2.33. The summed E-state index contributed by atoms with van der Waals surface area (Å²) in [4.78, 5) is 2.35. The Kier molecular flexibility index (Phi) is 4.44. The molecule has 0 radical (unpaired) electrons. The number of likely N-dealkylation sites (N-methyl/N-ethyl adjacent to an activating group) is 1. The lowest BCUT2D eigenvalue weighted by atomic mass is 10.1. The van der Waals surface area contributed by atoms with Crippen molar-refractivity contribution in [3.63, 3.8) is 0 Å². The Balaban J connectivity index is 2.17. The summed E-state index contributed by atoms with van der Waals surface area (Å²) in [7, 11) is 0. The van der Waals surface area contributed by atoms with Crippen LogP contribution in [0.25, 0.3) is 0 Å². The lowest BCUT2D eigenvalue weighted by Crippen LogP contribution is -2.32. The Labute approximate surface area is 109 Å². The summed E-state index contributed by atoms with van der Waals surface area (Å²) in [5.41, 5.74) is 6.89. The van der Waals surface area contributed by atoms with E-state index in [4.69, 9.17) is 15.2 Å². The first-order chi connectivity index (χ1) is 8.76. The van der Waals surface area contributed by atoms with Crippen LogP contribution in [0.1, 0.15) is 25.5 Å². The average molecular weight is 250 g/mol. The van der Waals surface area contributed by atoms with Gasteiger partial charge in [-0.3, -0.25) is 4.90 Å². The van der Waals surface area contributed by atoms with Gasteiger partial charge in [0, 0.05) is 19.1 Å². The van der Waals surface area contributed by atoms with Crippen LogP contribution in [0.3, 0.4) is 0 Å². The molecule has 4 heteroatoms. The summed E-state index contributed by atoms with van der Waals surface area (Å²) in [6.07, 6.45) is 0. The Morgan fingerprint density at radius 3 is 2.67 bits per heavy atom. The summed E-state index contributed by atoms with van der Waals surface area (Å²) < 4.78 is 11.2. The van der Waals surface area contributed by atoms with E-state index in [1.807, 2.05) is 6.07 Å². The van der Waals surface area contributed by atoms with Gasteiger partial charge in [0.2, 0.25) is 0 Å². The van der Waals surface area contributed by atoms with Crippen molar-refractivity contribution in [1.82, 2.24) is 4.90 Å². The van der Waals surface area contributed by atoms with Crippen molar-refractivity contribution in [1.29, 1.82) is 0 Å². The van der Waals surface area contributed by atoms with Gasteiger partial charge in [-0.15, -0.1) is 0 Å². The molecule has 1 unspecified atom stereocenters. The normalized spacial score (nSPS) is 15.8. The summed E-state index contributed by atoms with van der Waals surface area (Å²) in [6, 6.07) is 6.53. The standard InChI is InChI=1S/C14H22N2O2/c1-3-16(7-6-15)11(2)12-4-5-13-14(10-12)18-9-8-17-13/h4-5,10-11H,3,6-9,15H2,1-2H3. The van der Waals surface area contributed by atoms with Gasteiger partial charge < -0.3 is 15.2 Å². The SMILES string of the molecule is CCN(CCN)C(C)c1ccc2c(c1)OCCO2. The Morgan fingerprint density at radius 2 is 2.00 bits per heavy atom. The summed E-state index contributed by atoms with van der Waals surface area (Å²) in [6.45, 7) is 8.21. The van der Waals surface area contributed by atoms with E-state index in [2.05, 4.69) is 30.9 Å². The minimum absolute atomic E-state index is 0.342. The van der Waals surface area contributed by atoms with Crippen LogP contribution in [0.2, 0.25) is 0 Å². The van der Waals surface area contributed by atoms with Gasteiger partial charge in [-0.2, -0.15) is 0 Å². The molecule has 0 bridgehead atoms. The number of ether oxygens (including phenoxy) is 2. The second-order valence-electron chi connectivity index (χ2n) is 4.50. The highest BCUT2D eigenvalue weighted by molar-refractivity contribution is 5.44. The maximum absolute atomic E-state index is 5.65. The van der Waals surface area contributed by atoms with E-state index in [1.54, 1.807) is 0 Å². The molecule has 0 spiro atoms. The van der Waals surface area contributed by atoms with E-state index in [1.165, 1.54) is 5.56 Å². The van der Waals surface area contributed by atoms with Crippen molar-refractivity contribution in [2.45, 2.75) is 19.9 Å². The van der Waals surface area contributed by atoms with Crippen LogP contribution in [-0.4, -0.2) is 37.7 Å². The van der Waals surface area contributed by atoms with E-state index in [-0.39, 0.29) is 0 Å². The maximum atomic E-state index is 5.65. The van der Waals surface area contributed by atoms with Crippen molar-refractivity contribution >= 4 is 0 Å². The van der Waals surface area contributed by atoms with Gasteiger partial charge in [0.25, 0.3) is 0 Å². The molecule has 18 heavy (non-hydrogen) atoms. The molecule has 1 heterocycles. The molecular weight excluding hydrogens is 228 g/mol. The van der Waals surface area contributed by atoms with Crippen LogP contribution < -0.4 is 15.2 Å². The minimum atomic E-state index is 0.342. The van der Waals surface area contributed by atoms with Crippen molar-refractivity contribution < 1.29 is 9.47 Å². The smallest absolute Gasteiger partial charge is 0.161 e. The number of nitrogens with zero attached hydrogens (tertiary/aromatic N) is 1. The van der Waals surface area contributed by atoms with Gasteiger partial charge in [0.15, 0.2) is 11.5 Å². The minimum Gasteiger partial charge on any atom is -0.486 e. The van der Waals surface area contributed by atoms with Crippen LogP contribution in [0.15, 0.2) is 18.2 Å². The monoisotopic (exact) mass is 250 g/mol. The topological polar surface area (TPSA) is 47.7 Å². The first-order valence-corrected chi connectivity index (χ1v) is 6.60. The molecular formula is C14H22N2O2. The van der Waals surface area contributed by atoms with Gasteiger partial charge >= 0.3 is 0 Å². The van der Waals surface area contributed by atoms with Crippen LogP contribution >= 0.6 is 0 Å². The summed E-state index contributed by atoms with van der Waals surface area (Å²) in [5.74, 6) is 1.70. The number of hydrogen-bond donors (Lipinski definition) is 1. The summed E-state index contributed by atoms with van der Waals surface area (Å²) in [5, 5.41) is 0. The quantitative estimate of drug-likeness (QED) is 0.865. The highest BCUT2D eigenvalue weighted by Gasteiger charge is 2.17. The van der Waals surface area contributed by atoms with E-state index >= 15 is 0 Å². The first kappa shape index (κ1) is 13.2. The van der Waals surface area contributed by atoms with Gasteiger partial charge in [-0.05, 0) is 31.2 Å². The zero-order valence-electron chi connectivity index (χ0n) is 11.2. The fraction of sp³-hybridized carbons (Fsp3) is 0.571. The number of hydrogen-bond acceptors (Lipinski definition) is 4. The lowest BCUT2D eigenvalue weighted by molar-refractivity contribution is 0.170. The number of fused-ring (bicyclic) bond motifs is 1. The molecule has 1 aliphatic heterocycles. The second-order valence-corrected chi connectivity index (χ2v) is 4.50. The molecule has 0 saturated carbocycles. The fourth-order valence-corrected chi connectivity index (χ4v) is 2.32. The third-order valence-electron chi connectivity index (χ3n) is 3.42. The van der Waals surface area contributed by atoms with Crippen LogP contribution in [-0.2, 0) is 0 Å². The molecule has 100 valence electrons. The van der Waals surface area contributed by atoms with Crippen LogP contribution in [0, 0.1) is 0 Å². The van der Waals surface area contributed by atoms with Gasteiger partial charge in [0.1, 0.15) is 13.2 Å². The van der Waals surface area contributed by atoms with Crippen molar-refractivity contribution in [3.8, 4) is 11.5 Å². The molecule has 0 aliphatic carbocycles. The molecule has 1 aromatic carbocycles. The van der Waals surface area contributed by atoms with Crippen molar-refractivity contribution in [3.05, 3.63) is 23.8 Å². The molecule has 2 N–H and O–H groups in total. The van der Waals surface area contributed by atoms with E-state index < -0.39 is 0 Å². The molecule has 1 atom stereocenters. The van der Waals surface area contributed by atoms with Gasteiger partial charge in [-0.25, -0.2) is 0 Å². The predicted octanol–water partition coefficient (Wildman–Crippen LogP) is 1.80. The zero-order chi connectivity index (χ0) is 13.0. The molecule has 1 aliphatic rings. The van der Waals surface area contributed by atoms with Gasteiger partial charge in [-0.1, -0.05) is 13.0 Å². The molecule has 0 fully saturated rings. The molecule has 2 rings (SSSR count). The Bertz CT molecular complexity index is 395. The third-order valence-corrected chi connectivity index (χ3v) is 3.42. The molecule has 0 amide bonds.